The third-order valence-electron chi connectivity index (χ3n) is 4.45. The third kappa shape index (κ3) is 3.85. The van der Waals surface area contributed by atoms with E-state index in [-0.39, 0.29) is 5.82 Å². The molecule has 0 radical (unpaired) electrons. The highest BCUT2D eigenvalue weighted by Gasteiger charge is 2.33. The number of pyridine rings is 1. The smallest absolute Gasteiger partial charge is 0.353 e. The number of piperazine rings is 1. The van der Waals surface area contributed by atoms with Gasteiger partial charge in [-0.25, -0.2) is 19.9 Å². The molecule has 0 aliphatic carbocycles. The fraction of sp³-hybridized carbons (Fsp3) is 0.278. The standard InChI is InChI=1S/C18H16F3N7/c19-18(20,21)15-11-16(25-12-24-15)27-7-9-28(10-8-27)17-23-6-3-14(26-17)13-1-4-22-5-2-13/h1-6,11-12H,7-10H2. The van der Waals surface area contributed by atoms with Gasteiger partial charge in [-0.3, -0.25) is 4.98 Å². The highest BCUT2D eigenvalue weighted by Crippen LogP contribution is 2.29. The van der Waals surface area contributed by atoms with Crippen molar-refractivity contribution in [2.75, 3.05) is 36.0 Å². The molecule has 0 atom stereocenters. The maximum absolute atomic E-state index is 12.9. The fourth-order valence-electron chi connectivity index (χ4n) is 2.99. The molecule has 0 N–H and O–H groups in total. The van der Waals surface area contributed by atoms with E-state index in [0.717, 1.165) is 23.7 Å². The van der Waals surface area contributed by atoms with Gasteiger partial charge in [0.25, 0.3) is 0 Å². The summed E-state index contributed by atoms with van der Waals surface area (Å²) in [6, 6.07) is 6.56. The maximum Gasteiger partial charge on any atom is 0.433 e. The van der Waals surface area contributed by atoms with Crippen LogP contribution in [0.25, 0.3) is 11.3 Å². The summed E-state index contributed by atoms with van der Waals surface area (Å²) in [5.74, 6) is 0.862. The predicted molar refractivity (Wildman–Crippen MR) is 96.7 cm³/mol. The van der Waals surface area contributed by atoms with Crippen LogP contribution in [0.4, 0.5) is 24.9 Å². The van der Waals surface area contributed by atoms with Gasteiger partial charge in [-0.15, -0.1) is 0 Å². The van der Waals surface area contributed by atoms with Crippen LogP contribution in [0.5, 0.6) is 0 Å². The van der Waals surface area contributed by atoms with Gasteiger partial charge in [0.1, 0.15) is 17.8 Å². The van der Waals surface area contributed by atoms with Crippen molar-refractivity contribution in [1.29, 1.82) is 0 Å². The summed E-state index contributed by atoms with van der Waals surface area (Å²) in [7, 11) is 0. The number of rotatable bonds is 3. The first-order valence-electron chi connectivity index (χ1n) is 8.63. The molecule has 0 bridgehead atoms. The largest absolute Gasteiger partial charge is 0.433 e. The van der Waals surface area contributed by atoms with E-state index in [1.165, 1.54) is 0 Å². The molecule has 1 fully saturated rings. The maximum atomic E-state index is 12.9. The molecule has 1 aliphatic rings. The predicted octanol–water partition coefficient (Wildman–Crippen LogP) is 2.67. The Labute approximate surface area is 158 Å². The number of aromatic nitrogens is 5. The molecule has 3 aromatic rings. The minimum Gasteiger partial charge on any atom is -0.353 e. The van der Waals surface area contributed by atoms with E-state index in [2.05, 4.69) is 24.9 Å². The number of hydrogen-bond donors (Lipinski definition) is 0. The van der Waals surface area contributed by atoms with E-state index < -0.39 is 11.9 Å². The summed E-state index contributed by atoms with van der Waals surface area (Å²) in [5.41, 5.74) is 0.798. The van der Waals surface area contributed by atoms with Gasteiger partial charge >= 0.3 is 6.18 Å². The Morgan fingerprint density at radius 3 is 2.25 bits per heavy atom. The second kappa shape index (κ2) is 7.37. The van der Waals surface area contributed by atoms with E-state index in [1.807, 2.05) is 23.1 Å². The zero-order chi connectivity index (χ0) is 19.6. The van der Waals surface area contributed by atoms with Crippen molar-refractivity contribution in [2.24, 2.45) is 0 Å². The zero-order valence-corrected chi connectivity index (χ0v) is 14.7. The van der Waals surface area contributed by atoms with Crippen LogP contribution in [0.3, 0.4) is 0 Å². The molecule has 4 heterocycles. The van der Waals surface area contributed by atoms with E-state index in [0.29, 0.717) is 32.1 Å². The SMILES string of the molecule is FC(F)(F)c1cc(N2CCN(c3nccc(-c4ccncc4)n3)CC2)ncn1. The first-order valence-corrected chi connectivity index (χ1v) is 8.63. The summed E-state index contributed by atoms with van der Waals surface area (Å²) in [6.45, 7) is 2.17. The average Bonchev–Trinajstić information content (AvgIpc) is 2.74. The molecule has 10 heteroatoms. The molecule has 0 spiro atoms. The lowest BCUT2D eigenvalue weighted by Crippen LogP contribution is -2.47. The fourth-order valence-corrected chi connectivity index (χ4v) is 2.99. The molecule has 1 saturated heterocycles. The monoisotopic (exact) mass is 387 g/mol. The first-order chi connectivity index (χ1) is 13.5. The highest BCUT2D eigenvalue weighted by molar-refractivity contribution is 5.59. The molecule has 0 aromatic carbocycles. The Kier molecular flexibility index (Phi) is 4.76. The molecular formula is C18H16F3N7. The molecule has 0 unspecified atom stereocenters. The Bertz CT molecular complexity index is 941. The van der Waals surface area contributed by atoms with Crippen LogP contribution in [-0.2, 0) is 6.18 Å². The van der Waals surface area contributed by atoms with Crippen LogP contribution in [0.1, 0.15) is 5.69 Å². The average molecular weight is 387 g/mol. The zero-order valence-electron chi connectivity index (χ0n) is 14.7. The lowest BCUT2D eigenvalue weighted by molar-refractivity contribution is -0.141. The van der Waals surface area contributed by atoms with E-state index in [1.54, 1.807) is 23.5 Å². The van der Waals surface area contributed by atoms with E-state index in [9.17, 15) is 13.2 Å². The minimum atomic E-state index is -4.49. The molecule has 4 rings (SSSR count). The molecule has 7 nitrogen and oxygen atoms in total. The molecule has 0 saturated carbocycles. The Morgan fingerprint density at radius 2 is 1.54 bits per heavy atom. The summed E-state index contributed by atoms with van der Waals surface area (Å²) in [4.78, 5) is 24.1. The van der Waals surface area contributed by atoms with Gasteiger partial charge in [0.2, 0.25) is 5.95 Å². The van der Waals surface area contributed by atoms with Crippen molar-refractivity contribution in [2.45, 2.75) is 6.18 Å². The third-order valence-corrected chi connectivity index (χ3v) is 4.45. The van der Waals surface area contributed by atoms with Crippen molar-refractivity contribution < 1.29 is 13.2 Å². The van der Waals surface area contributed by atoms with Crippen LogP contribution < -0.4 is 9.80 Å². The lowest BCUT2D eigenvalue weighted by atomic mass is 10.2. The Balaban J connectivity index is 1.46. The van der Waals surface area contributed by atoms with E-state index in [4.69, 9.17) is 0 Å². The van der Waals surface area contributed by atoms with Crippen LogP contribution in [0, 0.1) is 0 Å². The van der Waals surface area contributed by atoms with Crippen molar-refractivity contribution in [3.05, 3.63) is 54.9 Å². The summed E-state index contributed by atoms with van der Waals surface area (Å²) >= 11 is 0. The number of nitrogens with zero attached hydrogens (tertiary/aromatic N) is 7. The normalized spacial score (nSPS) is 15.0. The second-order valence-corrected chi connectivity index (χ2v) is 6.21. The summed E-state index contributed by atoms with van der Waals surface area (Å²) in [6.07, 6.45) is 1.57. The van der Waals surface area contributed by atoms with Crippen LogP contribution in [-0.4, -0.2) is 51.1 Å². The molecule has 1 aliphatic heterocycles. The van der Waals surface area contributed by atoms with E-state index >= 15 is 0 Å². The topological polar surface area (TPSA) is 70.9 Å². The summed E-state index contributed by atoms with van der Waals surface area (Å²) in [5, 5.41) is 0. The second-order valence-electron chi connectivity index (χ2n) is 6.21. The first kappa shape index (κ1) is 18.1. The van der Waals surface area contributed by atoms with Gasteiger partial charge in [-0.2, -0.15) is 13.2 Å². The van der Waals surface area contributed by atoms with Gasteiger partial charge in [0.05, 0.1) is 5.69 Å². The molecule has 144 valence electrons. The van der Waals surface area contributed by atoms with Crippen LogP contribution >= 0.6 is 0 Å². The van der Waals surface area contributed by atoms with Crippen molar-refractivity contribution >= 4 is 11.8 Å². The lowest BCUT2D eigenvalue weighted by Gasteiger charge is -2.35. The van der Waals surface area contributed by atoms with Gasteiger partial charge in [0.15, 0.2) is 0 Å². The van der Waals surface area contributed by atoms with Crippen LogP contribution in [0.15, 0.2) is 49.2 Å². The minimum absolute atomic E-state index is 0.272. The number of anilines is 2. The van der Waals surface area contributed by atoms with Crippen LogP contribution in [0.2, 0.25) is 0 Å². The Morgan fingerprint density at radius 1 is 0.821 bits per heavy atom. The molecule has 28 heavy (non-hydrogen) atoms. The van der Waals surface area contributed by atoms with Crippen molar-refractivity contribution in [3.63, 3.8) is 0 Å². The molecular weight excluding hydrogens is 371 g/mol. The number of alkyl halides is 3. The van der Waals surface area contributed by atoms with Gasteiger partial charge in [-0.05, 0) is 18.2 Å². The number of halogens is 3. The van der Waals surface area contributed by atoms with Crippen molar-refractivity contribution in [3.8, 4) is 11.3 Å². The van der Waals surface area contributed by atoms with Gasteiger partial charge in [-0.1, -0.05) is 0 Å². The highest BCUT2D eigenvalue weighted by atomic mass is 19.4. The van der Waals surface area contributed by atoms with Gasteiger partial charge in [0, 0.05) is 56.4 Å². The Hall–Kier alpha value is -3.30. The molecule has 0 amide bonds. The molecule has 3 aromatic heterocycles. The van der Waals surface area contributed by atoms with Crippen molar-refractivity contribution in [1.82, 2.24) is 24.9 Å². The summed E-state index contributed by atoms with van der Waals surface area (Å²) < 4.78 is 38.6. The quantitative estimate of drug-likeness (QED) is 0.684. The number of hydrogen-bond acceptors (Lipinski definition) is 7. The van der Waals surface area contributed by atoms with Gasteiger partial charge < -0.3 is 9.80 Å².